The Bertz CT molecular complexity index is 435. The van der Waals surface area contributed by atoms with Gasteiger partial charge in [-0.05, 0) is 39.5 Å². The Morgan fingerprint density at radius 1 is 1.50 bits per heavy atom. The summed E-state index contributed by atoms with van der Waals surface area (Å²) in [6, 6.07) is 0. The van der Waals surface area contributed by atoms with Crippen LogP contribution >= 0.6 is 0 Å². The van der Waals surface area contributed by atoms with Crippen molar-refractivity contribution in [1.29, 1.82) is 0 Å². The average Bonchev–Trinajstić information content (AvgIpc) is 3.05. The molecule has 1 N–H and O–H groups in total. The van der Waals surface area contributed by atoms with Crippen molar-refractivity contribution in [2.45, 2.75) is 39.7 Å². The molecule has 1 aliphatic rings. The number of aromatic amines is 1. The molecule has 4 heteroatoms. The van der Waals surface area contributed by atoms with E-state index in [1.54, 1.807) is 6.92 Å². The van der Waals surface area contributed by atoms with Crippen LogP contribution in [0.1, 0.15) is 43.0 Å². The number of hydrogen-bond acceptors (Lipinski definition) is 3. The maximum Gasteiger partial charge on any atom is 0.254 e. The van der Waals surface area contributed by atoms with Crippen LogP contribution in [0.3, 0.4) is 0 Å². The van der Waals surface area contributed by atoms with E-state index in [-0.39, 0.29) is 11.7 Å². The molecule has 1 unspecified atom stereocenters. The second-order valence-electron chi connectivity index (χ2n) is 4.37. The van der Waals surface area contributed by atoms with E-state index in [0.717, 1.165) is 5.69 Å². The summed E-state index contributed by atoms with van der Waals surface area (Å²) in [5.74, 6) is 1.22. The van der Waals surface area contributed by atoms with Crippen LogP contribution in [-0.2, 0) is 4.74 Å². The van der Waals surface area contributed by atoms with E-state index < -0.39 is 0 Å². The molecule has 0 aliphatic heterocycles. The number of nitrogens with one attached hydrogen (secondary N) is 1. The Balaban J connectivity index is 2.34. The lowest BCUT2D eigenvalue weighted by atomic mass is 10.2. The molecule has 1 aliphatic carbocycles. The van der Waals surface area contributed by atoms with E-state index in [0.29, 0.717) is 23.9 Å². The van der Waals surface area contributed by atoms with Gasteiger partial charge in [0.15, 0.2) is 0 Å². The molecule has 0 saturated heterocycles. The number of nitrogens with zero attached hydrogens (tertiary/aromatic N) is 1. The smallest absolute Gasteiger partial charge is 0.254 e. The van der Waals surface area contributed by atoms with Gasteiger partial charge in [0.2, 0.25) is 0 Å². The van der Waals surface area contributed by atoms with Crippen molar-refractivity contribution in [3.8, 4) is 0 Å². The first-order valence-corrected chi connectivity index (χ1v) is 5.82. The van der Waals surface area contributed by atoms with Crippen molar-refractivity contribution in [3.05, 3.63) is 27.4 Å². The van der Waals surface area contributed by atoms with Crippen LogP contribution in [0.25, 0.3) is 0 Å². The molecule has 2 rings (SSSR count). The molecule has 16 heavy (non-hydrogen) atoms. The molecule has 0 spiro atoms. The molecule has 1 saturated carbocycles. The summed E-state index contributed by atoms with van der Waals surface area (Å²) in [7, 11) is 0. The maximum atomic E-state index is 11.7. The minimum Gasteiger partial charge on any atom is -0.370 e. The first-order chi connectivity index (χ1) is 7.63. The van der Waals surface area contributed by atoms with Crippen LogP contribution in [0.4, 0.5) is 0 Å². The van der Waals surface area contributed by atoms with Crippen LogP contribution < -0.4 is 5.56 Å². The number of H-pyrrole nitrogens is 1. The molecule has 1 aromatic heterocycles. The fraction of sp³-hybridized carbons (Fsp3) is 0.667. The Hall–Kier alpha value is -1.16. The standard InChI is InChI=1S/C12H18N2O2/c1-4-16-10(9-5-6-9)11-13-8(3)7(2)12(15)14-11/h9-10H,4-6H2,1-3H3,(H,13,14,15). The minimum atomic E-state index is -0.0483. The van der Waals surface area contributed by atoms with Crippen LogP contribution in [0, 0.1) is 19.8 Å². The zero-order chi connectivity index (χ0) is 11.7. The third-order valence-electron chi connectivity index (χ3n) is 3.08. The molecule has 0 radical (unpaired) electrons. The average molecular weight is 222 g/mol. The van der Waals surface area contributed by atoms with Crippen molar-refractivity contribution in [1.82, 2.24) is 9.97 Å². The van der Waals surface area contributed by atoms with Gasteiger partial charge in [-0.2, -0.15) is 0 Å². The van der Waals surface area contributed by atoms with Crippen molar-refractivity contribution >= 4 is 0 Å². The monoisotopic (exact) mass is 222 g/mol. The topological polar surface area (TPSA) is 55.0 Å². The van der Waals surface area contributed by atoms with E-state index in [4.69, 9.17) is 4.74 Å². The summed E-state index contributed by atoms with van der Waals surface area (Å²) in [6.45, 7) is 6.27. The fourth-order valence-corrected chi connectivity index (χ4v) is 1.82. The molecule has 0 aromatic carbocycles. The lowest BCUT2D eigenvalue weighted by molar-refractivity contribution is 0.0397. The highest BCUT2D eigenvalue weighted by Gasteiger charge is 2.34. The van der Waals surface area contributed by atoms with Gasteiger partial charge in [-0.15, -0.1) is 0 Å². The Kier molecular flexibility index (Phi) is 3.10. The Labute approximate surface area is 95.1 Å². The number of aryl methyl sites for hydroxylation is 1. The van der Waals surface area contributed by atoms with E-state index >= 15 is 0 Å². The number of ether oxygens (including phenoxy) is 1. The number of aromatic nitrogens is 2. The third-order valence-corrected chi connectivity index (χ3v) is 3.08. The molecule has 1 aromatic rings. The first-order valence-electron chi connectivity index (χ1n) is 5.82. The predicted octanol–water partition coefficient (Wildman–Crippen LogP) is 1.87. The van der Waals surface area contributed by atoms with Gasteiger partial charge >= 0.3 is 0 Å². The second-order valence-corrected chi connectivity index (χ2v) is 4.37. The quantitative estimate of drug-likeness (QED) is 0.846. The molecule has 1 atom stereocenters. The molecule has 0 amide bonds. The lowest BCUT2D eigenvalue weighted by Crippen LogP contribution is -2.20. The van der Waals surface area contributed by atoms with Gasteiger partial charge in [0.1, 0.15) is 11.9 Å². The molecular formula is C12H18N2O2. The van der Waals surface area contributed by atoms with Gasteiger partial charge in [0.25, 0.3) is 5.56 Å². The van der Waals surface area contributed by atoms with E-state index in [2.05, 4.69) is 9.97 Å². The second kappa shape index (κ2) is 4.37. The highest BCUT2D eigenvalue weighted by Crippen LogP contribution is 2.41. The van der Waals surface area contributed by atoms with Gasteiger partial charge in [0, 0.05) is 17.9 Å². The van der Waals surface area contributed by atoms with Gasteiger partial charge < -0.3 is 9.72 Å². The van der Waals surface area contributed by atoms with E-state index in [1.807, 2.05) is 13.8 Å². The van der Waals surface area contributed by atoms with Crippen molar-refractivity contribution in [3.63, 3.8) is 0 Å². The highest BCUT2D eigenvalue weighted by atomic mass is 16.5. The SMILES string of the molecule is CCOC(c1nc(C)c(C)c(=O)[nH]1)C1CC1. The highest BCUT2D eigenvalue weighted by molar-refractivity contribution is 5.15. The summed E-state index contributed by atoms with van der Waals surface area (Å²) in [5, 5.41) is 0. The van der Waals surface area contributed by atoms with Gasteiger partial charge in [-0.25, -0.2) is 4.98 Å². The summed E-state index contributed by atoms with van der Waals surface area (Å²) < 4.78 is 5.67. The van der Waals surface area contributed by atoms with E-state index in [1.165, 1.54) is 12.8 Å². The fourth-order valence-electron chi connectivity index (χ4n) is 1.82. The maximum absolute atomic E-state index is 11.7. The number of rotatable bonds is 4. The summed E-state index contributed by atoms with van der Waals surface area (Å²) in [6.07, 6.45) is 2.31. The molecule has 1 fully saturated rings. The zero-order valence-electron chi connectivity index (χ0n) is 10.0. The predicted molar refractivity (Wildman–Crippen MR) is 61.4 cm³/mol. The molecule has 0 bridgehead atoms. The zero-order valence-corrected chi connectivity index (χ0v) is 10.0. The first kappa shape index (κ1) is 11.3. The van der Waals surface area contributed by atoms with Gasteiger partial charge in [-0.1, -0.05) is 0 Å². The number of hydrogen-bond donors (Lipinski definition) is 1. The van der Waals surface area contributed by atoms with Crippen molar-refractivity contribution in [2.75, 3.05) is 6.61 Å². The van der Waals surface area contributed by atoms with Crippen LogP contribution in [0.15, 0.2) is 4.79 Å². The lowest BCUT2D eigenvalue weighted by Gasteiger charge is -2.16. The summed E-state index contributed by atoms with van der Waals surface area (Å²) in [4.78, 5) is 18.9. The van der Waals surface area contributed by atoms with Crippen LogP contribution in [0.5, 0.6) is 0 Å². The normalized spacial score (nSPS) is 17.4. The van der Waals surface area contributed by atoms with Crippen LogP contribution in [-0.4, -0.2) is 16.6 Å². The van der Waals surface area contributed by atoms with Gasteiger partial charge in [0.05, 0.1) is 0 Å². The Morgan fingerprint density at radius 2 is 2.19 bits per heavy atom. The largest absolute Gasteiger partial charge is 0.370 e. The molecular weight excluding hydrogens is 204 g/mol. The summed E-state index contributed by atoms with van der Waals surface area (Å²) in [5.41, 5.74) is 1.44. The van der Waals surface area contributed by atoms with Gasteiger partial charge in [-0.3, -0.25) is 4.79 Å². The summed E-state index contributed by atoms with van der Waals surface area (Å²) >= 11 is 0. The molecule has 88 valence electrons. The van der Waals surface area contributed by atoms with Crippen molar-refractivity contribution < 1.29 is 4.74 Å². The van der Waals surface area contributed by atoms with Crippen molar-refractivity contribution in [2.24, 2.45) is 5.92 Å². The minimum absolute atomic E-state index is 0.0306. The Morgan fingerprint density at radius 3 is 2.69 bits per heavy atom. The molecule has 1 heterocycles. The molecule has 4 nitrogen and oxygen atoms in total. The van der Waals surface area contributed by atoms with E-state index in [9.17, 15) is 4.79 Å². The third kappa shape index (κ3) is 2.16. The van der Waals surface area contributed by atoms with Crippen LogP contribution in [0.2, 0.25) is 0 Å².